The van der Waals surface area contributed by atoms with E-state index >= 15 is 0 Å². The summed E-state index contributed by atoms with van der Waals surface area (Å²) in [6, 6.07) is 3.39. The maximum absolute atomic E-state index is 13.4. The maximum Gasteiger partial charge on any atom is 0.266 e. The minimum atomic E-state index is -2.79. The Morgan fingerprint density at radius 1 is 1.29 bits per heavy atom. The van der Waals surface area contributed by atoms with E-state index in [9.17, 15) is 13.2 Å². The van der Waals surface area contributed by atoms with E-state index in [1.807, 2.05) is 0 Å². The second-order valence-electron chi connectivity index (χ2n) is 3.07. The molecule has 1 aromatic carbocycles. The number of hydrogen-bond donors (Lipinski definition) is 1. The summed E-state index contributed by atoms with van der Waals surface area (Å²) >= 11 is 0. The minimum absolute atomic E-state index is 0.158. The molecular weight excluding hydrogens is 191 g/mol. The Morgan fingerprint density at radius 2 is 1.86 bits per heavy atom. The molecule has 14 heavy (non-hydrogen) atoms. The number of nitrogens with two attached hydrogens (primary N) is 1. The zero-order chi connectivity index (χ0) is 10.7. The molecule has 0 bridgehead atoms. The predicted molar refractivity (Wildman–Crippen MR) is 48.6 cm³/mol. The number of hydrogen-bond acceptors (Lipinski definition) is 1. The van der Waals surface area contributed by atoms with Crippen LogP contribution in [-0.2, 0) is 0 Å². The van der Waals surface area contributed by atoms with E-state index in [0.29, 0.717) is 6.42 Å². The molecule has 4 heteroatoms. The van der Waals surface area contributed by atoms with Gasteiger partial charge in [-0.15, -0.1) is 0 Å². The molecule has 0 unspecified atom stereocenters. The molecule has 0 aliphatic heterocycles. The summed E-state index contributed by atoms with van der Waals surface area (Å²) in [5.74, 6) is -0.878. The Kier molecular flexibility index (Phi) is 3.52. The van der Waals surface area contributed by atoms with Gasteiger partial charge < -0.3 is 5.73 Å². The molecule has 0 aliphatic rings. The van der Waals surface area contributed by atoms with Crippen molar-refractivity contribution in [3.05, 3.63) is 35.1 Å². The van der Waals surface area contributed by atoms with Crippen LogP contribution < -0.4 is 5.73 Å². The van der Waals surface area contributed by atoms with Gasteiger partial charge in [-0.2, -0.15) is 0 Å². The van der Waals surface area contributed by atoms with Crippen LogP contribution in [0.3, 0.4) is 0 Å². The molecule has 1 aromatic rings. The third-order valence-corrected chi connectivity index (χ3v) is 2.13. The summed E-state index contributed by atoms with van der Waals surface area (Å²) in [6.45, 7) is 1.78. The highest BCUT2D eigenvalue weighted by atomic mass is 19.3. The lowest BCUT2D eigenvalue weighted by Gasteiger charge is -2.12. The van der Waals surface area contributed by atoms with Crippen molar-refractivity contribution in [2.24, 2.45) is 5.73 Å². The van der Waals surface area contributed by atoms with E-state index < -0.39 is 23.8 Å². The molecular formula is C10H12F3N. The fourth-order valence-electron chi connectivity index (χ4n) is 1.24. The fourth-order valence-corrected chi connectivity index (χ4v) is 1.24. The van der Waals surface area contributed by atoms with Gasteiger partial charge in [0, 0.05) is 11.6 Å². The van der Waals surface area contributed by atoms with E-state index in [0.717, 1.165) is 6.07 Å². The van der Waals surface area contributed by atoms with Gasteiger partial charge in [-0.05, 0) is 6.42 Å². The molecule has 0 fully saturated rings. The highest BCUT2D eigenvalue weighted by Gasteiger charge is 2.18. The molecule has 1 atom stereocenters. The molecule has 0 saturated heterocycles. The van der Waals surface area contributed by atoms with Gasteiger partial charge in [-0.25, -0.2) is 13.2 Å². The predicted octanol–water partition coefficient (Wildman–Crippen LogP) is 3.17. The van der Waals surface area contributed by atoms with Crippen molar-refractivity contribution in [1.29, 1.82) is 0 Å². The van der Waals surface area contributed by atoms with Crippen molar-refractivity contribution in [3.63, 3.8) is 0 Å². The summed E-state index contributed by atoms with van der Waals surface area (Å²) in [4.78, 5) is 0. The lowest BCUT2D eigenvalue weighted by Crippen LogP contribution is -2.12. The lowest BCUT2D eigenvalue weighted by molar-refractivity contribution is 0.146. The van der Waals surface area contributed by atoms with Gasteiger partial charge in [0.15, 0.2) is 0 Å². The van der Waals surface area contributed by atoms with Crippen molar-refractivity contribution >= 4 is 0 Å². The van der Waals surface area contributed by atoms with Gasteiger partial charge in [0.1, 0.15) is 5.82 Å². The van der Waals surface area contributed by atoms with E-state index in [1.54, 1.807) is 6.92 Å². The zero-order valence-corrected chi connectivity index (χ0v) is 7.81. The van der Waals surface area contributed by atoms with Gasteiger partial charge in [0.05, 0.1) is 5.56 Å². The maximum atomic E-state index is 13.4. The van der Waals surface area contributed by atoms with Gasteiger partial charge in [-0.3, -0.25) is 0 Å². The van der Waals surface area contributed by atoms with E-state index in [1.165, 1.54) is 12.1 Å². The van der Waals surface area contributed by atoms with Crippen molar-refractivity contribution in [3.8, 4) is 0 Å². The molecule has 1 nitrogen and oxygen atoms in total. The largest absolute Gasteiger partial charge is 0.324 e. The SMILES string of the molecule is CC[C@@H](N)c1cccc(C(F)F)c1F. The van der Waals surface area contributed by atoms with Gasteiger partial charge in [-0.1, -0.05) is 25.1 Å². The Hall–Kier alpha value is -1.03. The summed E-state index contributed by atoms with van der Waals surface area (Å²) in [5, 5.41) is 0. The van der Waals surface area contributed by atoms with E-state index in [-0.39, 0.29) is 5.56 Å². The molecule has 0 aromatic heterocycles. The monoisotopic (exact) mass is 203 g/mol. The summed E-state index contributed by atoms with van der Waals surface area (Å²) in [6.07, 6.45) is -2.28. The summed E-state index contributed by atoms with van der Waals surface area (Å²) in [5.41, 5.74) is 5.16. The average Bonchev–Trinajstić information content (AvgIpc) is 2.16. The second kappa shape index (κ2) is 4.46. The smallest absolute Gasteiger partial charge is 0.266 e. The Balaban J connectivity index is 3.13. The number of benzene rings is 1. The lowest BCUT2D eigenvalue weighted by atomic mass is 10.0. The van der Waals surface area contributed by atoms with Crippen LogP contribution in [0.2, 0.25) is 0 Å². The zero-order valence-electron chi connectivity index (χ0n) is 7.81. The Labute approximate surface area is 80.7 Å². The molecule has 0 spiro atoms. The number of halogens is 3. The highest BCUT2D eigenvalue weighted by molar-refractivity contribution is 5.28. The van der Waals surface area contributed by atoms with E-state index in [4.69, 9.17) is 5.73 Å². The Morgan fingerprint density at radius 3 is 2.36 bits per heavy atom. The number of rotatable bonds is 3. The molecule has 1 rings (SSSR count). The minimum Gasteiger partial charge on any atom is -0.324 e. The first kappa shape index (κ1) is 11.0. The third-order valence-electron chi connectivity index (χ3n) is 2.13. The van der Waals surface area contributed by atoms with Crippen LogP contribution in [0, 0.1) is 5.82 Å². The van der Waals surface area contributed by atoms with Gasteiger partial charge >= 0.3 is 0 Å². The van der Waals surface area contributed by atoms with Crippen molar-refractivity contribution in [2.45, 2.75) is 25.8 Å². The summed E-state index contributed by atoms with van der Waals surface area (Å²) < 4.78 is 38.0. The molecule has 2 N–H and O–H groups in total. The van der Waals surface area contributed by atoms with Crippen molar-refractivity contribution in [1.82, 2.24) is 0 Å². The van der Waals surface area contributed by atoms with Crippen LogP contribution in [0.15, 0.2) is 18.2 Å². The van der Waals surface area contributed by atoms with Crippen LogP contribution in [-0.4, -0.2) is 0 Å². The number of alkyl halides is 2. The standard InChI is InChI=1S/C10H12F3N/c1-2-8(14)6-4-3-5-7(9(6)11)10(12)13/h3-5,8,10H,2,14H2,1H3/t8-/m1/s1. The normalized spacial score (nSPS) is 13.3. The molecule has 0 radical (unpaired) electrons. The average molecular weight is 203 g/mol. The molecule has 0 amide bonds. The first-order valence-electron chi connectivity index (χ1n) is 4.40. The first-order valence-corrected chi connectivity index (χ1v) is 4.40. The van der Waals surface area contributed by atoms with Gasteiger partial charge in [0.25, 0.3) is 6.43 Å². The Bertz CT molecular complexity index is 312. The molecule has 0 heterocycles. The van der Waals surface area contributed by atoms with Crippen LogP contribution >= 0.6 is 0 Å². The van der Waals surface area contributed by atoms with Gasteiger partial charge in [0.2, 0.25) is 0 Å². The highest BCUT2D eigenvalue weighted by Crippen LogP contribution is 2.27. The van der Waals surface area contributed by atoms with E-state index in [2.05, 4.69) is 0 Å². The molecule has 0 aliphatic carbocycles. The van der Waals surface area contributed by atoms with Crippen LogP contribution in [0.25, 0.3) is 0 Å². The molecule has 0 saturated carbocycles. The van der Waals surface area contributed by atoms with Crippen LogP contribution in [0.5, 0.6) is 0 Å². The third kappa shape index (κ3) is 2.07. The van der Waals surface area contributed by atoms with Crippen molar-refractivity contribution < 1.29 is 13.2 Å². The summed E-state index contributed by atoms with van der Waals surface area (Å²) in [7, 11) is 0. The first-order chi connectivity index (χ1) is 6.57. The quantitative estimate of drug-likeness (QED) is 0.802. The molecule has 78 valence electrons. The topological polar surface area (TPSA) is 26.0 Å². The second-order valence-corrected chi connectivity index (χ2v) is 3.07. The van der Waals surface area contributed by atoms with Crippen LogP contribution in [0.4, 0.5) is 13.2 Å². The van der Waals surface area contributed by atoms with Crippen molar-refractivity contribution in [2.75, 3.05) is 0 Å². The fraction of sp³-hybridized carbons (Fsp3) is 0.400. The van der Waals surface area contributed by atoms with Crippen LogP contribution in [0.1, 0.15) is 36.9 Å².